The highest BCUT2D eigenvalue weighted by Crippen LogP contribution is 2.42. The quantitative estimate of drug-likeness (QED) is 0.340. The number of alkyl halides is 3. The van der Waals surface area contributed by atoms with E-state index in [1.807, 2.05) is 24.3 Å². The van der Waals surface area contributed by atoms with Gasteiger partial charge in [0.25, 0.3) is 0 Å². The van der Waals surface area contributed by atoms with E-state index in [9.17, 15) is 18.0 Å². The molecule has 1 N–H and O–H groups in total. The molecule has 1 fully saturated rings. The van der Waals surface area contributed by atoms with E-state index in [2.05, 4.69) is 28.5 Å². The van der Waals surface area contributed by atoms with Gasteiger partial charge < -0.3 is 10.1 Å². The fraction of sp³-hybridized carbons (Fsp3) is 0.379. The van der Waals surface area contributed by atoms with Crippen molar-refractivity contribution in [1.29, 1.82) is 0 Å². The molecule has 1 amide bonds. The highest BCUT2D eigenvalue weighted by molar-refractivity contribution is 5.83. The Hall–Kier alpha value is -3.39. The van der Waals surface area contributed by atoms with E-state index in [4.69, 9.17) is 4.74 Å². The number of nitrogens with one attached hydrogen (secondary N) is 1. The monoisotopic (exact) mass is 509 g/mol. The molecule has 2 atom stereocenters. The second kappa shape index (κ2) is 9.49. The molecule has 5 nitrogen and oxygen atoms in total. The Balaban J connectivity index is 1.35. The topological polar surface area (TPSA) is 54.5 Å². The molecule has 1 aliphatic heterocycles. The fourth-order valence-electron chi connectivity index (χ4n) is 5.34. The lowest BCUT2D eigenvalue weighted by Gasteiger charge is -2.30. The molecular formula is C29H30F3N3O2. The van der Waals surface area contributed by atoms with Crippen molar-refractivity contribution >= 4 is 6.09 Å². The second-order valence-electron chi connectivity index (χ2n) is 10.7. The predicted octanol–water partition coefficient (Wildman–Crippen LogP) is 6.52. The van der Waals surface area contributed by atoms with Gasteiger partial charge in [-0.25, -0.2) is 4.79 Å². The van der Waals surface area contributed by atoms with Crippen LogP contribution in [0.15, 0.2) is 60.8 Å². The summed E-state index contributed by atoms with van der Waals surface area (Å²) in [4.78, 5) is 17.9. The van der Waals surface area contributed by atoms with Crippen molar-refractivity contribution in [3.63, 3.8) is 0 Å². The molecule has 37 heavy (non-hydrogen) atoms. The van der Waals surface area contributed by atoms with Gasteiger partial charge in [0.05, 0.1) is 5.69 Å². The summed E-state index contributed by atoms with van der Waals surface area (Å²) in [6.45, 7) is 5.51. The zero-order valence-corrected chi connectivity index (χ0v) is 21.1. The van der Waals surface area contributed by atoms with Crippen molar-refractivity contribution in [2.45, 2.75) is 57.5 Å². The maximum Gasteiger partial charge on any atom is 0.408 e. The van der Waals surface area contributed by atoms with Crippen molar-refractivity contribution in [3.05, 3.63) is 77.5 Å². The van der Waals surface area contributed by atoms with Crippen LogP contribution < -0.4 is 5.32 Å². The standard InChI is InChI=1S/C29H30F3N3O2/c1-28(2,3)37-27(36)34-20-13-14-35(17-20)26(29(30,31)32)19-11-12-25(33-16-19)23-10-6-9-22-21-8-5-4-7-18(21)15-24(22)23/h4-12,16,20,26H,13-15,17H2,1-3H3,(H,34,36)/t20-,26?/m0/s1. The summed E-state index contributed by atoms with van der Waals surface area (Å²) < 4.78 is 48.0. The minimum absolute atomic E-state index is 0.0790. The number of fused-ring (bicyclic) bond motifs is 3. The van der Waals surface area contributed by atoms with Gasteiger partial charge in [-0.15, -0.1) is 0 Å². The molecule has 194 valence electrons. The molecule has 2 heterocycles. The highest BCUT2D eigenvalue weighted by Gasteiger charge is 2.47. The molecule has 5 rings (SSSR count). The van der Waals surface area contributed by atoms with Crippen molar-refractivity contribution in [2.75, 3.05) is 13.1 Å². The predicted molar refractivity (Wildman–Crippen MR) is 136 cm³/mol. The normalized spacial score (nSPS) is 18.3. The SMILES string of the molecule is CC(C)(C)OC(=O)N[C@H]1CCN(C(c2ccc(-c3cccc4c3Cc3ccccc3-4)nc2)C(F)(F)F)C1. The van der Waals surface area contributed by atoms with Gasteiger partial charge in [0.15, 0.2) is 0 Å². The molecule has 1 unspecified atom stereocenters. The Labute approximate surface area is 214 Å². The van der Waals surface area contributed by atoms with Crippen LogP contribution in [0.5, 0.6) is 0 Å². The van der Waals surface area contributed by atoms with Gasteiger partial charge in [-0.3, -0.25) is 9.88 Å². The molecule has 2 aromatic carbocycles. The van der Waals surface area contributed by atoms with E-state index in [1.54, 1.807) is 26.8 Å². The number of amides is 1. The third-order valence-corrected chi connectivity index (χ3v) is 6.84. The number of ether oxygens (including phenoxy) is 1. The summed E-state index contributed by atoms with van der Waals surface area (Å²) in [5.41, 5.74) is 5.72. The van der Waals surface area contributed by atoms with E-state index in [0.717, 1.165) is 23.1 Å². The van der Waals surface area contributed by atoms with Gasteiger partial charge in [-0.05, 0) is 67.5 Å². The highest BCUT2D eigenvalue weighted by atomic mass is 19.4. The lowest BCUT2D eigenvalue weighted by atomic mass is 9.98. The Kier molecular flexibility index (Phi) is 6.48. The Bertz CT molecular complexity index is 1300. The third-order valence-electron chi connectivity index (χ3n) is 6.84. The first-order valence-corrected chi connectivity index (χ1v) is 12.5. The number of pyridine rings is 1. The van der Waals surface area contributed by atoms with Crippen LogP contribution in [0.2, 0.25) is 0 Å². The van der Waals surface area contributed by atoms with Crippen molar-refractivity contribution in [2.24, 2.45) is 0 Å². The summed E-state index contributed by atoms with van der Waals surface area (Å²) in [5.74, 6) is 0. The van der Waals surface area contributed by atoms with Gasteiger partial charge in [0, 0.05) is 30.9 Å². The molecule has 1 aromatic heterocycles. The Morgan fingerprint density at radius 2 is 1.76 bits per heavy atom. The number of carbonyl (C=O) groups is 1. The molecule has 8 heteroatoms. The molecule has 0 spiro atoms. The van der Waals surface area contributed by atoms with E-state index >= 15 is 0 Å². The number of alkyl carbamates (subject to hydrolysis) is 1. The first kappa shape index (κ1) is 25.3. The van der Waals surface area contributed by atoms with Crippen LogP contribution in [0.1, 0.15) is 49.9 Å². The number of nitrogens with zero attached hydrogens (tertiary/aromatic N) is 2. The summed E-state index contributed by atoms with van der Waals surface area (Å²) in [6, 6.07) is 15.2. The molecule has 2 aliphatic rings. The minimum atomic E-state index is -4.49. The minimum Gasteiger partial charge on any atom is -0.444 e. The van der Waals surface area contributed by atoms with E-state index in [0.29, 0.717) is 12.1 Å². The number of rotatable bonds is 4. The van der Waals surface area contributed by atoms with Crippen LogP contribution in [-0.2, 0) is 11.2 Å². The third kappa shape index (κ3) is 5.34. The van der Waals surface area contributed by atoms with Crippen molar-refractivity contribution in [3.8, 4) is 22.4 Å². The number of benzene rings is 2. The second-order valence-corrected chi connectivity index (χ2v) is 10.7. The number of carbonyl (C=O) groups excluding carboxylic acids is 1. The zero-order valence-electron chi connectivity index (χ0n) is 21.1. The van der Waals surface area contributed by atoms with Crippen LogP contribution >= 0.6 is 0 Å². The lowest BCUT2D eigenvalue weighted by Crippen LogP contribution is -2.42. The van der Waals surface area contributed by atoms with Crippen LogP contribution in [0.3, 0.4) is 0 Å². The molecular weight excluding hydrogens is 479 g/mol. The molecule has 0 bridgehead atoms. The first-order chi connectivity index (χ1) is 17.5. The molecule has 1 aliphatic carbocycles. The van der Waals surface area contributed by atoms with E-state index in [-0.39, 0.29) is 18.7 Å². The summed E-state index contributed by atoms with van der Waals surface area (Å²) in [7, 11) is 0. The van der Waals surface area contributed by atoms with Gasteiger partial charge in [-0.2, -0.15) is 13.2 Å². The fourth-order valence-corrected chi connectivity index (χ4v) is 5.34. The maximum atomic E-state index is 14.2. The summed E-state index contributed by atoms with van der Waals surface area (Å²) >= 11 is 0. The number of hydrogen-bond acceptors (Lipinski definition) is 4. The van der Waals surface area contributed by atoms with Crippen LogP contribution in [0, 0.1) is 0 Å². The Morgan fingerprint density at radius 1 is 1.03 bits per heavy atom. The molecule has 0 saturated carbocycles. The van der Waals surface area contributed by atoms with Crippen LogP contribution in [0.4, 0.5) is 18.0 Å². The molecule has 3 aromatic rings. The maximum absolute atomic E-state index is 14.2. The number of halogens is 3. The van der Waals surface area contributed by atoms with Crippen LogP contribution in [-0.4, -0.2) is 46.9 Å². The molecule has 0 radical (unpaired) electrons. The van der Waals surface area contributed by atoms with Crippen molar-refractivity contribution < 1.29 is 22.7 Å². The van der Waals surface area contributed by atoms with Gasteiger partial charge in [0.2, 0.25) is 0 Å². The van der Waals surface area contributed by atoms with E-state index < -0.39 is 30.0 Å². The van der Waals surface area contributed by atoms with E-state index in [1.165, 1.54) is 28.3 Å². The average molecular weight is 510 g/mol. The molecule has 1 saturated heterocycles. The summed E-state index contributed by atoms with van der Waals surface area (Å²) in [5, 5.41) is 2.70. The van der Waals surface area contributed by atoms with Crippen molar-refractivity contribution in [1.82, 2.24) is 15.2 Å². The smallest absolute Gasteiger partial charge is 0.408 e. The van der Waals surface area contributed by atoms with Crippen LogP contribution in [0.25, 0.3) is 22.4 Å². The van der Waals surface area contributed by atoms with Gasteiger partial charge in [-0.1, -0.05) is 48.5 Å². The van der Waals surface area contributed by atoms with Gasteiger partial charge in [0.1, 0.15) is 11.6 Å². The largest absolute Gasteiger partial charge is 0.444 e. The number of aromatic nitrogens is 1. The number of hydrogen-bond donors (Lipinski definition) is 1. The summed E-state index contributed by atoms with van der Waals surface area (Å²) in [6.07, 6.45) is -2.58. The average Bonchev–Trinajstić information content (AvgIpc) is 3.41. The van der Waals surface area contributed by atoms with Gasteiger partial charge >= 0.3 is 12.3 Å². The Morgan fingerprint density at radius 3 is 2.46 bits per heavy atom. The lowest BCUT2D eigenvalue weighted by molar-refractivity contribution is -0.183. The number of likely N-dealkylation sites (tertiary alicyclic amines) is 1. The zero-order chi connectivity index (χ0) is 26.4. The first-order valence-electron chi connectivity index (χ1n) is 12.5.